The summed E-state index contributed by atoms with van der Waals surface area (Å²) < 4.78 is 34.3. The van der Waals surface area contributed by atoms with Crippen molar-refractivity contribution in [3.05, 3.63) is 48.1 Å². The summed E-state index contributed by atoms with van der Waals surface area (Å²) in [4.78, 5) is 3.86. The highest BCUT2D eigenvalue weighted by Gasteiger charge is 2.49. The molecule has 2 unspecified atom stereocenters. The zero-order valence-corrected chi connectivity index (χ0v) is 10.4. The van der Waals surface area contributed by atoms with Crippen LogP contribution in [-0.2, 0) is 16.9 Å². The second kappa shape index (κ2) is 4.38. The van der Waals surface area contributed by atoms with Gasteiger partial charge < -0.3 is 4.74 Å². The highest BCUT2D eigenvalue weighted by atomic mass is 19.1. The van der Waals surface area contributed by atoms with Crippen LogP contribution in [0.1, 0.15) is 12.5 Å². The van der Waals surface area contributed by atoms with Crippen LogP contribution < -0.4 is 0 Å². The van der Waals surface area contributed by atoms with E-state index in [9.17, 15) is 8.78 Å². The monoisotopic (exact) mass is 265 g/mol. The first kappa shape index (κ1) is 12.2. The third kappa shape index (κ3) is 1.92. The van der Waals surface area contributed by atoms with Gasteiger partial charge in [-0.1, -0.05) is 13.0 Å². The molecule has 0 aliphatic carbocycles. The summed E-state index contributed by atoms with van der Waals surface area (Å²) in [6.07, 6.45) is 2.97. The Hall–Kier alpha value is -1.82. The molecule has 1 aliphatic rings. The number of hydrogen-bond donors (Lipinski definition) is 0. The van der Waals surface area contributed by atoms with E-state index < -0.39 is 17.2 Å². The Morgan fingerprint density at radius 1 is 1.47 bits per heavy atom. The van der Waals surface area contributed by atoms with Crippen LogP contribution in [0.5, 0.6) is 0 Å². The second-order valence-corrected chi connectivity index (χ2v) is 4.82. The van der Waals surface area contributed by atoms with Crippen LogP contribution in [0.3, 0.4) is 0 Å². The molecule has 0 bridgehead atoms. The lowest BCUT2D eigenvalue weighted by Gasteiger charge is -2.48. The minimum absolute atomic E-state index is 0.122. The molecule has 0 radical (unpaired) electrons. The van der Waals surface area contributed by atoms with Crippen LogP contribution in [0.2, 0.25) is 0 Å². The van der Waals surface area contributed by atoms with E-state index in [1.807, 2.05) is 6.92 Å². The Kier molecular flexibility index (Phi) is 2.82. The first-order valence-electron chi connectivity index (χ1n) is 6.04. The molecular formula is C13H13F2N3O. The molecule has 6 heteroatoms. The average Bonchev–Trinajstić information content (AvgIpc) is 2.87. The molecule has 1 fully saturated rings. The Bertz CT molecular complexity index is 588. The molecule has 2 atom stereocenters. The molecule has 100 valence electrons. The highest BCUT2D eigenvalue weighted by Crippen LogP contribution is 2.44. The van der Waals surface area contributed by atoms with Crippen molar-refractivity contribution >= 4 is 0 Å². The predicted octanol–water partition coefficient (Wildman–Crippen LogP) is 2.12. The van der Waals surface area contributed by atoms with Crippen molar-refractivity contribution in [2.45, 2.75) is 19.1 Å². The molecule has 4 nitrogen and oxygen atoms in total. The van der Waals surface area contributed by atoms with Crippen LogP contribution in [0, 0.1) is 17.6 Å². The topological polar surface area (TPSA) is 39.9 Å². The minimum atomic E-state index is -0.800. The molecule has 3 rings (SSSR count). The van der Waals surface area contributed by atoms with E-state index in [0.717, 1.165) is 6.07 Å². The number of halogens is 2. The first-order valence-corrected chi connectivity index (χ1v) is 6.04. The van der Waals surface area contributed by atoms with Gasteiger partial charge in [-0.05, 0) is 6.07 Å². The van der Waals surface area contributed by atoms with Gasteiger partial charge >= 0.3 is 0 Å². The van der Waals surface area contributed by atoms with Gasteiger partial charge in [0, 0.05) is 17.5 Å². The fourth-order valence-electron chi connectivity index (χ4n) is 2.47. The van der Waals surface area contributed by atoms with Crippen LogP contribution in [0.15, 0.2) is 30.9 Å². The molecule has 0 spiro atoms. The van der Waals surface area contributed by atoms with Gasteiger partial charge in [-0.2, -0.15) is 5.10 Å². The molecule has 19 heavy (non-hydrogen) atoms. The predicted molar refractivity (Wildman–Crippen MR) is 63.2 cm³/mol. The summed E-state index contributed by atoms with van der Waals surface area (Å²) in [6, 6.07) is 3.57. The van der Waals surface area contributed by atoms with E-state index in [4.69, 9.17) is 4.74 Å². The highest BCUT2D eigenvalue weighted by molar-refractivity contribution is 5.28. The van der Waals surface area contributed by atoms with Crippen molar-refractivity contribution in [2.75, 3.05) is 6.61 Å². The van der Waals surface area contributed by atoms with Gasteiger partial charge in [0.1, 0.15) is 29.9 Å². The molecular weight excluding hydrogens is 252 g/mol. The van der Waals surface area contributed by atoms with Crippen LogP contribution in [0.4, 0.5) is 8.78 Å². The standard InChI is InChI=1S/C13H13F2N3O/c1-9-5-19-13(9,6-18-8-16-7-17-18)11-3-2-10(14)4-12(11)15/h2-4,7-9H,5-6H2,1H3. The summed E-state index contributed by atoms with van der Waals surface area (Å²) in [5, 5.41) is 4.02. The maximum absolute atomic E-state index is 14.0. The van der Waals surface area contributed by atoms with Crippen molar-refractivity contribution in [1.82, 2.24) is 14.8 Å². The number of benzene rings is 1. The third-order valence-electron chi connectivity index (χ3n) is 3.64. The molecule has 1 aromatic heterocycles. The van der Waals surface area contributed by atoms with E-state index in [1.165, 1.54) is 18.5 Å². The summed E-state index contributed by atoms with van der Waals surface area (Å²) in [7, 11) is 0. The minimum Gasteiger partial charge on any atom is -0.367 e. The first-order chi connectivity index (χ1) is 9.12. The lowest BCUT2D eigenvalue weighted by atomic mass is 9.77. The molecule has 0 saturated carbocycles. The third-order valence-corrected chi connectivity index (χ3v) is 3.64. The number of ether oxygens (including phenoxy) is 1. The Balaban J connectivity index is 2.01. The summed E-state index contributed by atoms with van der Waals surface area (Å²) in [6.45, 7) is 2.88. The largest absolute Gasteiger partial charge is 0.367 e. The van der Waals surface area contributed by atoms with Crippen LogP contribution >= 0.6 is 0 Å². The molecule has 2 aromatic rings. The zero-order valence-electron chi connectivity index (χ0n) is 10.4. The molecule has 1 aliphatic heterocycles. The van der Waals surface area contributed by atoms with Gasteiger partial charge in [0.25, 0.3) is 0 Å². The molecule has 1 saturated heterocycles. The fourth-order valence-corrected chi connectivity index (χ4v) is 2.47. The van der Waals surface area contributed by atoms with Gasteiger partial charge in [-0.3, -0.25) is 0 Å². The molecule has 0 amide bonds. The van der Waals surface area contributed by atoms with Gasteiger partial charge in [-0.25, -0.2) is 18.4 Å². The van der Waals surface area contributed by atoms with Crippen molar-refractivity contribution in [3.63, 3.8) is 0 Å². The van der Waals surface area contributed by atoms with Crippen molar-refractivity contribution in [3.8, 4) is 0 Å². The Morgan fingerprint density at radius 2 is 2.32 bits per heavy atom. The normalized spacial score (nSPS) is 26.2. The van der Waals surface area contributed by atoms with Gasteiger partial charge in [-0.15, -0.1) is 0 Å². The summed E-state index contributed by atoms with van der Waals surface area (Å²) >= 11 is 0. The smallest absolute Gasteiger partial charge is 0.137 e. The van der Waals surface area contributed by atoms with Crippen molar-refractivity contribution < 1.29 is 13.5 Å². The van der Waals surface area contributed by atoms with E-state index in [-0.39, 0.29) is 5.92 Å². The fraction of sp³-hybridized carbons (Fsp3) is 0.385. The summed E-state index contributed by atoms with van der Waals surface area (Å²) in [5.74, 6) is -1.06. The van der Waals surface area contributed by atoms with Gasteiger partial charge in [0.15, 0.2) is 0 Å². The SMILES string of the molecule is CC1COC1(Cn1cncn1)c1ccc(F)cc1F. The Labute approximate surface area is 109 Å². The number of hydrogen-bond acceptors (Lipinski definition) is 3. The van der Waals surface area contributed by atoms with E-state index in [0.29, 0.717) is 18.7 Å². The van der Waals surface area contributed by atoms with Gasteiger partial charge in [0.2, 0.25) is 0 Å². The van der Waals surface area contributed by atoms with E-state index in [1.54, 1.807) is 11.0 Å². The number of aromatic nitrogens is 3. The van der Waals surface area contributed by atoms with Gasteiger partial charge in [0.05, 0.1) is 13.2 Å². The maximum atomic E-state index is 14.0. The van der Waals surface area contributed by atoms with E-state index in [2.05, 4.69) is 10.1 Å². The van der Waals surface area contributed by atoms with Crippen LogP contribution in [-0.4, -0.2) is 21.4 Å². The number of rotatable bonds is 3. The quantitative estimate of drug-likeness (QED) is 0.853. The molecule has 0 N–H and O–H groups in total. The van der Waals surface area contributed by atoms with Crippen molar-refractivity contribution in [2.24, 2.45) is 5.92 Å². The summed E-state index contributed by atoms with van der Waals surface area (Å²) in [5.41, 5.74) is -0.436. The molecule has 1 aromatic carbocycles. The van der Waals surface area contributed by atoms with E-state index >= 15 is 0 Å². The lowest BCUT2D eigenvalue weighted by molar-refractivity contribution is -0.216. The maximum Gasteiger partial charge on any atom is 0.137 e. The Morgan fingerprint density at radius 3 is 2.84 bits per heavy atom. The second-order valence-electron chi connectivity index (χ2n) is 4.82. The average molecular weight is 265 g/mol. The van der Waals surface area contributed by atoms with Crippen LogP contribution in [0.25, 0.3) is 0 Å². The zero-order chi connectivity index (χ0) is 13.5. The van der Waals surface area contributed by atoms with Crippen molar-refractivity contribution in [1.29, 1.82) is 0 Å². The molecule has 2 heterocycles. The number of nitrogens with zero attached hydrogens (tertiary/aromatic N) is 3. The lowest BCUT2D eigenvalue weighted by Crippen LogP contribution is -2.52.